The Labute approximate surface area is 201 Å². The molecule has 0 saturated heterocycles. The molecule has 1 aliphatic rings. The molecule has 0 radical (unpaired) electrons. The van der Waals surface area contributed by atoms with Gasteiger partial charge in [-0.3, -0.25) is 0 Å². The second kappa shape index (κ2) is 10.0. The first-order valence-corrected chi connectivity index (χ1v) is 12.7. The number of allylic oxidation sites excluding steroid dienone is 1. The third-order valence-electron chi connectivity index (χ3n) is 6.03. The molecule has 0 saturated carbocycles. The summed E-state index contributed by atoms with van der Waals surface area (Å²) in [5, 5.41) is 5.07. The van der Waals surface area contributed by atoms with Crippen molar-refractivity contribution in [3.05, 3.63) is 94.5 Å². The lowest BCUT2D eigenvalue weighted by Crippen LogP contribution is -2.19. The van der Waals surface area contributed by atoms with Crippen molar-refractivity contribution >= 4 is 21.5 Å². The van der Waals surface area contributed by atoms with E-state index < -0.39 is 10.3 Å². The van der Waals surface area contributed by atoms with Crippen LogP contribution in [0.15, 0.2) is 66.7 Å². The zero-order valence-corrected chi connectivity index (χ0v) is 20.6. The Balaban J connectivity index is 1.80. The van der Waals surface area contributed by atoms with Crippen LogP contribution in [0.3, 0.4) is 0 Å². The van der Waals surface area contributed by atoms with Crippen molar-refractivity contribution in [2.24, 2.45) is 5.14 Å². The van der Waals surface area contributed by atoms with Crippen molar-refractivity contribution in [3.8, 4) is 11.5 Å². The number of hydrogen-bond acceptors (Lipinski definition) is 5. The third kappa shape index (κ3) is 5.67. The van der Waals surface area contributed by atoms with Gasteiger partial charge in [-0.2, -0.15) is 13.6 Å². The van der Waals surface area contributed by atoms with E-state index in [0.29, 0.717) is 0 Å². The number of aryl methyl sites for hydroxylation is 1. The molecule has 6 nitrogen and oxygen atoms in total. The van der Waals surface area contributed by atoms with Gasteiger partial charge < -0.3 is 13.8 Å². The van der Waals surface area contributed by atoms with Crippen LogP contribution in [0.4, 0.5) is 0 Å². The van der Waals surface area contributed by atoms with Gasteiger partial charge >= 0.3 is 10.3 Å². The van der Waals surface area contributed by atoms with Crippen molar-refractivity contribution in [3.63, 3.8) is 0 Å². The standard InChI is InChI=1S/C27H30N2O4S/c1-29(2)17-16-19-4-6-21(7-5-19)27-25(20-8-11-23(32-3)12-9-20)14-10-22-18-24(13-15-26(22)27)33-34(28,30)31/h4-9,11-13,15,18H,10,14,16-17H2,1-3H3,(H2,28,30,31). The van der Waals surface area contributed by atoms with Gasteiger partial charge in [-0.05, 0) is 96.6 Å². The fourth-order valence-corrected chi connectivity index (χ4v) is 4.73. The van der Waals surface area contributed by atoms with E-state index in [1.54, 1.807) is 19.2 Å². The van der Waals surface area contributed by atoms with E-state index in [0.717, 1.165) is 59.4 Å². The third-order valence-corrected chi connectivity index (χ3v) is 6.46. The van der Waals surface area contributed by atoms with Crippen LogP contribution in [-0.4, -0.2) is 41.1 Å². The minimum absolute atomic E-state index is 0.229. The predicted molar refractivity (Wildman–Crippen MR) is 136 cm³/mol. The summed E-state index contributed by atoms with van der Waals surface area (Å²) in [6.45, 7) is 0.995. The largest absolute Gasteiger partial charge is 0.497 e. The van der Waals surface area contributed by atoms with Gasteiger partial charge in [0.2, 0.25) is 0 Å². The van der Waals surface area contributed by atoms with Crippen molar-refractivity contribution in [1.82, 2.24) is 4.90 Å². The quantitative estimate of drug-likeness (QED) is 0.522. The van der Waals surface area contributed by atoms with Crippen LogP contribution >= 0.6 is 0 Å². The summed E-state index contributed by atoms with van der Waals surface area (Å²) in [6, 6.07) is 22.2. The number of benzene rings is 3. The first-order valence-electron chi connectivity index (χ1n) is 11.2. The first kappa shape index (κ1) is 24.0. The number of methoxy groups -OCH3 is 1. The van der Waals surface area contributed by atoms with Crippen molar-refractivity contribution in [1.29, 1.82) is 0 Å². The summed E-state index contributed by atoms with van der Waals surface area (Å²) >= 11 is 0. The number of rotatable bonds is 8. The lowest BCUT2D eigenvalue weighted by molar-refractivity contribution is 0.413. The molecule has 0 heterocycles. The van der Waals surface area contributed by atoms with Gasteiger partial charge in [0.25, 0.3) is 0 Å². The van der Waals surface area contributed by atoms with Gasteiger partial charge in [-0.1, -0.05) is 42.5 Å². The van der Waals surface area contributed by atoms with E-state index in [1.165, 1.54) is 11.1 Å². The molecule has 0 spiro atoms. The molecule has 3 aromatic carbocycles. The van der Waals surface area contributed by atoms with E-state index in [9.17, 15) is 8.42 Å². The van der Waals surface area contributed by atoms with Gasteiger partial charge in [0, 0.05) is 6.54 Å². The highest BCUT2D eigenvalue weighted by molar-refractivity contribution is 7.84. The summed E-state index contributed by atoms with van der Waals surface area (Å²) in [4.78, 5) is 2.18. The Morgan fingerprint density at radius 2 is 1.53 bits per heavy atom. The topological polar surface area (TPSA) is 81.9 Å². The zero-order chi connectivity index (χ0) is 24.3. The molecule has 34 heavy (non-hydrogen) atoms. The average molecular weight is 479 g/mol. The number of ether oxygens (including phenoxy) is 1. The maximum Gasteiger partial charge on any atom is 0.380 e. The van der Waals surface area contributed by atoms with Crippen molar-refractivity contribution < 1.29 is 17.3 Å². The van der Waals surface area contributed by atoms with Crippen LogP contribution in [0.25, 0.3) is 11.1 Å². The fourth-order valence-electron chi connectivity index (χ4n) is 4.36. The molecule has 0 atom stereocenters. The molecule has 0 fully saturated rings. The molecule has 1 aliphatic carbocycles. The molecule has 0 amide bonds. The normalized spacial score (nSPS) is 13.7. The Kier molecular flexibility index (Phi) is 7.07. The van der Waals surface area contributed by atoms with Crippen LogP contribution in [0.1, 0.15) is 34.2 Å². The van der Waals surface area contributed by atoms with Crippen LogP contribution in [0.5, 0.6) is 11.5 Å². The number of nitrogens with zero attached hydrogens (tertiary/aromatic N) is 1. The van der Waals surface area contributed by atoms with E-state index in [-0.39, 0.29) is 5.75 Å². The fraction of sp³-hybridized carbons (Fsp3) is 0.259. The van der Waals surface area contributed by atoms with Crippen LogP contribution < -0.4 is 14.1 Å². The van der Waals surface area contributed by atoms with Crippen LogP contribution in [0.2, 0.25) is 0 Å². The van der Waals surface area contributed by atoms with Gasteiger partial charge in [0.05, 0.1) is 7.11 Å². The SMILES string of the molecule is COc1ccc(C2=C(c3ccc(CCN(C)C)cc3)c3ccc(OS(N)(=O)=O)cc3CC2)cc1. The number of nitrogens with two attached hydrogens (primary N) is 1. The molecule has 4 rings (SSSR count). The second-order valence-electron chi connectivity index (χ2n) is 8.73. The lowest BCUT2D eigenvalue weighted by Gasteiger charge is -2.25. The van der Waals surface area contributed by atoms with Gasteiger partial charge in [0.1, 0.15) is 11.5 Å². The summed E-state index contributed by atoms with van der Waals surface area (Å²) in [5.41, 5.74) is 8.05. The Morgan fingerprint density at radius 1 is 0.882 bits per heavy atom. The van der Waals surface area contributed by atoms with E-state index in [1.807, 2.05) is 18.2 Å². The molecule has 0 aromatic heterocycles. The Morgan fingerprint density at radius 3 is 2.15 bits per heavy atom. The highest BCUT2D eigenvalue weighted by Crippen LogP contribution is 2.42. The zero-order valence-electron chi connectivity index (χ0n) is 19.7. The maximum absolute atomic E-state index is 11.4. The molecular weight excluding hydrogens is 448 g/mol. The van der Waals surface area contributed by atoms with Crippen LogP contribution in [0, 0.1) is 0 Å². The summed E-state index contributed by atoms with van der Waals surface area (Å²) in [6.07, 6.45) is 2.57. The van der Waals surface area contributed by atoms with Gasteiger partial charge in [0.15, 0.2) is 0 Å². The highest BCUT2D eigenvalue weighted by Gasteiger charge is 2.23. The minimum Gasteiger partial charge on any atom is -0.497 e. The molecule has 7 heteroatoms. The monoisotopic (exact) mass is 478 g/mol. The van der Waals surface area contributed by atoms with E-state index in [4.69, 9.17) is 14.1 Å². The first-order chi connectivity index (χ1) is 16.2. The number of likely N-dealkylation sites (N-methyl/N-ethyl adjacent to an activating group) is 1. The lowest BCUT2D eigenvalue weighted by atomic mass is 9.79. The van der Waals surface area contributed by atoms with E-state index in [2.05, 4.69) is 55.4 Å². The Hall–Kier alpha value is -3.13. The molecular formula is C27H30N2O4S. The summed E-state index contributed by atoms with van der Waals surface area (Å²) in [7, 11) is 1.74. The minimum atomic E-state index is -4.07. The molecule has 3 aromatic rings. The molecule has 0 aliphatic heterocycles. The predicted octanol–water partition coefficient (Wildman–Crippen LogP) is 4.29. The smallest absolute Gasteiger partial charge is 0.380 e. The maximum atomic E-state index is 11.4. The number of fused-ring (bicyclic) bond motifs is 1. The summed E-state index contributed by atoms with van der Waals surface area (Å²) in [5.74, 6) is 1.05. The molecule has 0 unspecified atom stereocenters. The van der Waals surface area contributed by atoms with Crippen LogP contribution in [-0.2, 0) is 23.1 Å². The van der Waals surface area contributed by atoms with Gasteiger partial charge in [-0.25, -0.2) is 0 Å². The van der Waals surface area contributed by atoms with Gasteiger partial charge in [-0.15, -0.1) is 0 Å². The molecule has 0 bridgehead atoms. The number of hydrogen-bond donors (Lipinski definition) is 1. The highest BCUT2D eigenvalue weighted by atomic mass is 32.2. The van der Waals surface area contributed by atoms with Crippen molar-refractivity contribution in [2.45, 2.75) is 19.3 Å². The average Bonchev–Trinajstić information content (AvgIpc) is 2.81. The summed E-state index contributed by atoms with van der Waals surface area (Å²) < 4.78 is 33.1. The van der Waals surface area contributed by atoms with Crippen molar-refractivity contribution in [2.75, 3.05) is 27.7 Å². The molecule has 2 N–H and O–H groups in total. The second-order valence-corrected chi connectivity index (χ2v) is 9.88. The molecule has 178 valence electrons. The van der Waals surface area contributed by atoms with E-state index >= 15 is 0 Å². The Bertz CT molecular complexity index is 1300.